The third kappa shape index (κ3) is 3.28. The van der Waals surface area contributed by atoms with E-state index in [2.05, 4.69) is 11.4 Å². The smallest absolute Gasteiger partial charge is 0.254 e. The van der Waals surface area contributed by atoms with Crippen molar-refractivity contribution in [3.63, 3.8) is 0 Å². The number of hydrogen-bond donors (Lipinski definition) is 1. The van der Waals surface area contributed by atoms with Crippen molar-refractivity contribution in [3.05, 3.63) is 58.5 Å². The van der Waals surface area contributed by atoms with Gasteiger partial charge in [-0.2, -0.15) is 0 Å². The second-order valence-corrected chi connectivity index (χ2v) is 8.94. The Morgan fingerprint density at radius 3 is 2.57 bits per heavy atom. The van der Waals surface area contributed by atoms with Gasteiger partial charge < -0.3 is 19.5 Å². The van der Waals surface area contributed by atoms with Gasteiger partial charge in [0, 0.05) is 44.4 Å². The summed E-state index contributed by atoms with van der Waals surface area (Å²) in [5.74, 6) is 0.626. The summed E-state index contributed by atoms with van der Waals surface area (Å²) in [6.07, 6.45) is 2.45. The normalized spacial score (nSPS) is 24.9. The quantitative estimate of drug-likeness (QED) is 0.848. The van der Waals surface area contributed by atoms with Crippen LogP contribution in [0.3, 0.4) is 0 Å². The third-order valence-corrected chi connectivity index (χ3v) is 7.14. The second-order valence-electron chi connectivity index (χ2n) is 8.94. The van der Waals surface area contributed by atoms with Gasteiger partial charge in [0.25, 0.3) is 11.5 Å². The third-order valence-electron chi connectivity index (χ3n) is 7.14. The van der Waals surface area contributed by atoms with Crippen LogP contribution in [0, 0.1) is 5.92 Å². The number of hydrogen-bond acceptors (Lipinski definition) is 4. The van der Waals surface area contributed by atoms with Gasteiger partial charge in [-0.25, -0.2) is 0 Å². The maximum absolute atomic E-state index is 13.5. The molecule has 0 unspecified atom stereocenters. The summed E-state index contributed by atoms with van der Waals surface area (Å²) in [4.78, 5) is 28.4. The summed E-state index contributed by atoms with van der Waals surface area (Å²) >= 11 is 0. The van der Waals surface area contributed by atoms with E-state index in [4.69, 9.17) is 4.74 Å². The van der Waals surface area contributed by atoms with E-state index in [1.807, 2.05) is 39.8 Å². The van der Waals surface area contributed by atoms with Crippen LogP contribution in [0.4, 0.5) is 0 Å². The van der Waals surface area contributed by atoms with E-state index in [1.165, 1.54) is 0 Å². The number of likely N-dealkylation sites (tertiary alicyclic amines) is 1. The summed E-state index contributed by atoms with van der Waals surface area (Å²) in [5.41, 5.74) is 2.43. The first-order valence-corrected chi connectivity index (χ1v) is 10.9. The molecule has 0 aliphatic carbocycles. The molecule has 0 radical (unpaired) electrons. The Morgan fingerprint density at radius 1 is 1.07 bits per heavy atom. The van der Waals surface area contributed by atoms with Crippen LogP contribution in [0.15, 0.2) is 47.3 Å². The number of ether oxygens (including phenoxy) is 1. The van der Waals surface area contributed by atoms with Crippen LogP contribution in [0.1, 0.15) is 30.9 Å². The van der Waals surface area contributed by atoms with Crippen LogP contribution in [-0.4, -0.2) is 54.3 Å². The predicted molar refractivity (Wildman–Crippen MR) is 115 cm³/mol. The number of aromatic nitrogens is 1. The van der Waals surface area contributed by atoms with Crippen molar-refractivity contribution >= 4 is 5.91 Å². The number of piperidine rings is 2. The topological polar surface area (TPSA) is 63.6 Å². The monoisotopic (exact) mass is 407 g/mol. The lowest BCUT2D eigenvalue weighted by Gasteiger charge is -2.46. The molecule has 1 aromatic carbocycles. The molecule has 30 heavy (non-hydrogen) atoms. The van der Waals surface area contributed by atoms with Crippen molar-refractivity contribution in [2.75, 3.05) is 33.3 Å². The van der Waals surface area contributed by atoms with Gasteiger partial charge in [-0.3, -0.25) is 9.59 Å². The molecule has 0 saturated carbocycles. The van der Waals surface area contributed by atoms with Gasteiger partial charge >= 0.3 is 0 Å². The Balaban J connectivity index is 1.46. The number of fused-ring (bicyclic) bond motifs is 4. The van der Waals surface area contributed by atoms with Gasteiger partial charge in [0.15, 0.2) is 0 Å². The summed E-state index contributed by atoms with van der Waals surface area (Å²) < 4.78 is 7.73. The van der Waals surface area contributed by atoms with Gasteiger partial charge in [-0.15, -0.1) is 0 Å². The number of benzene rings is 1. The summed E-state index contributed by atoms with van der Waals surface area (Å²) in [6.45, 7) is 3.66. The molecule has 158 valence electrons. The standard InChI is InChI=1S/C24H29N3O3/c1-30-24(7-9-25-10-8-24)23(29)26-14-17-11-20(16-26)21-12-19(13-22(28)27(21)15-17)18-5-3-2-4-6-18/h2-6,12-13,17,20,25H,7-11,14-16H2,1H3/t17-,20+/m0/s1. The minimum atomic E-state index is -0.706. The number of amides is 1. The minimum Gasteiger partial charge on any atom is -0.368 e. The van der Waals surface area contributed by atoms with E-state index < -0.39 is 5.60 Å². The number of nitrogens with zero attached hydrogens (tertiary/aromatic N) is 2. The Kier molecular flexibility index (Phi) is 4.99. The number of pyridine rings is 1. The first-order chi connectivity index (χ1) is 14.6. The Morgan fingerprint density at radius 2 is 1.83 bits per heavy atom. The van der Waals surface area contributed by atoms with Crippen molar-refractivity contribution in [1.82, 2.24) is 14.8 Å². The number of nitrogens with one attached hydrogen (secondary N) is 1. The SMILES string of the molecule is COC1(C(=O)N2C[C@@H]3C[C@H](C2)c2cc(-c4ccccc4)cc(=O)n2C3)CCNCC1. The number of carbonyl (C=O) groups excluding carboxylic acids is 1. The lowest BCUT2D eigenvalue weighted by molar-refractivity contribution is -0.161. The fourth-order valence-corrected chi connectivity index (χ4v) is 5.55. The molecule has 1 amide bonds. The van der Waals surface area contributed by atoms with Crippen molar-refractivity contribution in [3.8, 4) is 11.1 Å². The van der Waals surface area contributed by atoms with Crippen LogP contribution in [0.25, 0.3) is 11.1 Å². The van der Waals surface area contributed by atoms with Gasteiger partial charge in [-0.1, -0.05) is 30.3 Å². The van der Waals surface area contributed by atoms with Crippen molar-refractivity contribution in [2.24, 2.45) is 5.92 Å². The molecule has 1 N–H and O–H groups in total. The molecule has 3 aliphatic heterocycles. The molecule has 2 atom stereocenters. The van der Waals surface area contributed by atoms with Gasteiger partial charge in [0.1, 0.15) is 5.60 Å². The zero-order valence-electron chi connectivity index (χ0n) is 17.5. The second kappa shape index (κ2) is 7.67. The maximum Gasteiger partial charge on any atom is 0.254 e. The lowest BCUT2D eigenvalue weighted by Crippen LogP contribution is -2.59. The van der Waals surface area contributed by atoms with Crippen molar-refractivity contribution in [1.29, 1.82) is 0 Å². The molecule has 0 spiro atoms. The van der Waals surface area contributed by atoms with Crippen LogP contribution in [0.5, 0.6) is 0 Å². The molecule has 6 nitrogen and oxygen atoms in total. The van der Waals surface area contributed by atoms with Gasteiger partial charge in [0.2, 0.25) is 0 Å². The fraction of sp³-hybridized carbons (Fsp3) is 0.500. The zero-order chi connectivity index (χ0) is 20.7. The van der Waals surface area contributed by atoms with E-state index in [0.29, 0.717) is 38.4 Å². The summed E-state index contributed by atoms with van der Waals surface area (Å²) in [7, 11) is 1.66. The highest BCUT2D eigenvalue weighted by atomic mass is 16.5. The first kappa shape index (κ1) is 19.5. The van der Waals surface area contributed by atoms with Crippen LogP contribution >= 0.6 is 0 Å². The summed E-state index contributed by atoms with van der Waals surface area (Å²) in [5, 5.41) is 3.32. The first-order valence-electron chi connectivity index (χ1n) is 10.9. The van der Waals surface area contributed by atoms with E-state index in [9.17, 15) is 9.59 Å². The van der Waals surface area contributed by atoms with Gasteiger partial charge in [0.05, 0.1) is 0 Å². The number of rotatable bonds is 3. The molecule has 1 aromatic heterocycles. The molecular formula is C24H29N3O3. The average Bonchev–Trinajstić information content (AvgIpc) is 2.80. The van der Waals surface area contributed by atoms with Crippen LogP contribution < -0.4 is 10.9 Å². The molecule has 2 saturated heterocycles. The maximum atomic E-state index is 13.5. The average molecular weight is 408 g/mol. The summed E-state index contributed by atoms with van der Waals surface area (Å²) in [6, 6.07) is 13.9. The Labute approximate surface area is 176 Å². The molecule has 2 fully saturated rings. The molecule has 6 heteroatoms. The highest BCUT2D eigenvalue weighted by Crippen LogP contribution is 2.38. The van der Waals surface area contributed by atoms with Crippen molar-refractivity contribution in [2.45, 2.75) is 37.3 Å². The number of carbonyl (C=O) groups is 1. The molecular weight excluding hydrogens is 378 g/mol. The van der Waals surface area contributed by atoms with E-state index in [0.717, 1.165) is 36.3 Å². The predicted octanol–water partition coefficient (Wildman–Crippen LogP) is 2.23. The highest BCUT2D eigenvalue weighted by Gasteiger charge is 2.45. The largest absolute Gasteiger partial charge is 0.368 e. The van der Waals surface area contributed by atoms with E-state index in [-0.39, 0.29) is 17.4 Å². The number of methoxy groups -OCH3 is 1. The van der Waals surface area contributed by atoms with Gasteiger partial charge in [-0.05, 0) is 55.5 Å². The van der Waals surface area contributed by atoms with Crippen LogP contribution in [0.2, 0.25) is 0 Å². The Hall–Kier alpha value is -2.44. The lowest BCUT2D eigenvalue weighted by atomic mass is 9.81. The molecule has 5 rings (SSSR count). The Bertz CT molecular complexity index is 995. The molecule has 4 heterocycles. The molecule has 3 aliphatic rings. The zero-order valence-corrected chi connectivity index (χ0v) is 17.5. The minimum absolute atomic E-state index is 0.0625. The molecule has 2 bridgehead atoms. The van der Waals surface area contributed by atoms with Crippen molar-refractivity contribution < 1.29 is 9.53 Å². The molecule has 2 aromatic rings. The van der Waals surface area contributed by atoms with E-state index in [1.54, 1.807) is 13.2 Å². The fourth-order valence-electron chi connectivity index (χ4n) is 5.55. The highest BCUT2D eigenvalue weighted by molar-refractivity contribution is 5.85. The van der Waals surface area contributed by atoms with Crippen LogP contribution in [-0.2, 0) is 16.1 Å². The van der Waals surface area contributed by atoms with E-state index >= 15 is 0 Å².